The van der Waals surface area contributed by atoms with Gasteiger partial charge in [-0.15, -0.1) is 0 Å². The molecule has 2 rings (SSSR count). The van der Waals surface area contributed by atoms with Crippen molar-refractivity contribution in [3.63, 3.8) is 0 Å². The normalized spacial score (nSPS) is 17.3. The molecular weight excluding hydrogens is 238 g/mol. The fourth-order valence-electron chi connectivity index (χ4n) is 2.82. The monoisotopic (exact) mass is 261 g/mol. The molecular formula is C16H23NO2. The molecule has 1 aromatic heterocycles. The average Bonchev–Trinajstić information content (AvgIpc) is 2.29. The SMILES string of the molecule is CCCCCc1cc2c([nH]c1=O)CC(C)(C)CC2=O. The predicted octanol–water partition coefficient (Wildman–Crippen LogP) is 3.26. The van der Waals surface area contributed by atoms with Crippen molar-refractivity contribution in [2.75, 3.05) is 0 Å². The third kappa shape index (κ3) is 3.14. The minimum atomic E-state index is -0.0449. The number of carbonyl (C=O) groups excluding carboxylic acids is 1. The molecule has 0 fully saturated rings. The molecule has 0 aliphatic heterocycles. The Balaban J connectivity index is 2.30. The highest BCUT2D eigenvalue weighted by atomic mass is 16.1. The van der Waals surface area contributed by atoms with Crippen LogP contribution in [0.15, 0.2) is 10.9 Å². The Morgan fingerprint density at radius 2 is 1.95 bits per heavy atom. The van der Waals surface area contributed by atoms with Gasteiger partial charge in [0.25, 0.3) is 5.56 Å². The number of hydrogen-bond acceptors (Lipinski definition) is 2. The minimum Gasteiger partial charge on any atom is -0.325 e. The molecule has 1 aliphatic carbocycles. The van der Waals surface area contributed by atoms with Gasteiger partial charge in [0.1, 0.15) is 0 Å². The van der Waals surface area contributed by atoms with Crippen molar-refractivity contribution in [2.24, 2.45) is 5.41 Å². The second-order valence-electron chi connectivity index (χ2n) is 6.41. The van der Waals surface area contributed by atoms with Crippen LogP contribution in [0.5, 0.6) is 0 Å². The zero-order valence-corrected chi connectivity index (χ0v) is 12.1. The molecule has 0 radical (unpaired) electrons. The fourth-order valence-corrected chi connectivity index (χ4v) is 2.82. The van der Waals surface area contributed by atoms with Crippen molar-refractivity contribution in [3.8, 4) is 0 Å². The van der Waals surface area contributed by atoms with Crippen LogP contribution in [0, 0.1) is 5.41 Å². The van der Waals surface area contributed by atoms with E-state index in [1.165, 1.54) is 0 Å². The van der Waals surface area contributed by atoms with Crippen LogP contribution >= 0.6 is 0 Å². The first-order chi connectivity index (χ1) is 8.93. The lowest BCUT2D eigenvalue weighted by Crippen LogP contribution is -2.31. The third-order valence-electron chi connectivity index (χ3n) is 3.84. The number of nitrogens with one attached hydrogen (secondary N) is 1. The summed E-state index contributed by atoms with van der Waals surface area (Å²) in [5, 5.41) is 0. The Hall–Kier alpha value is -1.38. The van der Waals surface area contributed by atoms with Crippen LogP contribution < -0.4 is 5.56 Å². The van der Waals surface area contributed by atoms with E-state index in [2.05, 4.69) is 25.8 Å². The van der Waals surface area contributed by atoms with Crippen molar-refractivity contribution in [1.29, 1.82) is 0 Å². The second kappa shape index (κ2) is 5.32. The van der Waals surface area contributed by atoms with Gasteiger partial charge in [0, 0.05) is 23.2 Å². The number of H-pyrrole nitrogens is 1. The highest BCUT2D eigenvalue weighted by Gasteiger charge is 2.31. The smallest absolute Gasteiger partial charge is 0.251 e. The largest absolute Gasteiger partial charge is 0.325 e. The van der Waals surface area contributed by atoms with E-state index >= 15 is 0 Å². The van der Waals surface area contributed by atoms with Gasteiger partial charge < -0.3 is 4.98 Å². The van der Waals surface area contributed by atoms with Crippen molar-refractivity contribution >= 4 is 5.78 Å². The Morgan fingerprint density at radius 1 is 1.21 bits per heavy atom. The number of fused-ring (bicyclic) bond motifs is 1. The van der Waals surface area contributed by atoms with Crippen molar-refractivity contribution < 1.29 is 4.79 Å². The van der Waals surface area contributed by atoms with Crippen LogP contribution in [-0.4, -0.2) is 10.8 Å². The van der Waals surface area contributed by atoms with E-state index in [9.17, 15) is 9.59 Å². The molecule has 0 unspecified atom stereocenters. The number of rotatable bonds is 4. The van der Waals surface area contributed by atoms with E-state index in [0.717, 1.165) is 48.9 Å². The van der Waals surface area contributed by atoms with Crippen molar-refractivity contribution in [3.05, 3.63) is 33.2 Å². The Labute approximate surface area is 114 Å². The van der Waals surface area contributed by atoms with Gasteiger partial charge in [0.15, 0.2) is 5.78 Å². The van der Waals surface area contributed by atoms with Gasteiger partial charge in [-0.3, -0.25) is 9.59 Å². The Kier molecular flexibility index (Phi) is 3.93. The molecule has 3 nitrogen and oxygen atoms in total. The van der Waals surface area contributed by atoms with Gasteiger partial charge >= 0.3 is 0 Å². The Morgan fingerprint density at radius 3 is 2.63 bits per heavy atom. The molecule has 0 saturated carbocycles. The van der Waals surface area contributed by atoms with Crippen LogP contribution in [-0.2, 0) is 12.8 Å². The maximum absolute atomic E-state index is 12.2. The van der Waals surface area contributed by atoms with Crippen LogP contribution in [0.2, 0.25) is 0 Å². The highest BCUT2D eigenvalue weighted by molar-refractivity contribution is 5.98. The highest BCUT2D eigenvalue weighted by Crippen LogP contribution is 2.33. The molecule has 1 aromatic rings. The molecule has 0 amide bonds. The number of Topliss-reactive ketones (excluding diaryl/α,β-unsaturated/α-hetero) is 1. The van der Waals surface area contributed by atoms with Gasteiger partial charge in [-0.05, 0) is 30.7 Å². The van der Waals surface area contributed by atoms with Gasteiger partial charge in [-0.25, -0.2) is 0 Å². The zero-order valence-electron chi connectivity index (χ0n) is 12.1. The maximum atomic E-state index is 12.2. The summed E-state index contributed by atoms with van der Waals surface area (Å²) in [5.74, 6) is 0.166. The van der Waals surface area contributed by atoms with Crippen LogP contribution in [0.4, 0.5) is 0 Å². The molecule has 1 aliphatic rings. The Bertz CT molecular complexity index is 540. The third-order valence-corrected chi connectivity index (χ3v) is 3.84. The van der Waals surface area contributed by atoms with E-state index in [0.29, 0.717) is 6.42 Å². The molecule has 1 N–H and O–H groups in total. The summed E-state index contributed by atoms with van der Waals surface area (Å²) in [7, 11) is 0. The second-order valence-corrected chi connectivity index (χ2v) is 6.41. The topological polar surface area (TPSA) is 49.9 Å². The molecule has 104 valence electrons. The standard InChI is InChI=1S/C16H23NO2/c1-4-5-6-7-11-8-12-13(17-15(11)19)9-16(2,3)10-14(12)18/h8H,4-7,9-10H2,1-3H3,(H,17,19). The van der Waals surface area contributed by atoms with E-state index < -0.39 is 0 Å². The molecule has 0 atom stereocenters. The lowest BCUT2D eigenvalue weighted by atomic mass is 9.75. The predicted molar refractivity (Wildman–Crippen MR) is 76.7 cm³/mol. The molecule has 0 bridgehead atoms. The number of carbonyl (C=O) groups is 1. The molecule has 19 heavy (non-hydrogen) atoms. The van der Waals surface area contributed by atoms with Gasteiger partial charge in [0.05, 0.1) is 0 Å². The van der Waals surface area contributed by atoms with E-state index in [4.69, 9.17) is 0 Å². The van der Waals surface area contributed by atoms with Crippen LogP contribution in [0.25, 0.3) is 0 Å². The molecule has 1 heterocycles. The lowest BCUT2D eigenvalue weighted by molar-refractivity contribution is 0.0910. The number of aromatic nitrogens is 1. The number of hydrogen-bond donors (Lipinski definition) is 1. The minimum absolute atomic E-state index is 0.0136. The zero-order chi connectivity index (χ0) is 14.0. The van der Waals surface area contributed by atoms with Crippen LogP contribution in [0.3, 0.4) is 0 Å². The van der Waals surface area contributed by atoms with Gasteiger partial charge in [-0.2, -0.15) is 0 Å². The van der Waals surface area contributed by atoms with E-state index in [1.807, 2.05) is 6.07 Å². The maximum Gasteiger partial charge on any atom is 0.251 e. The fraction of sp³-hybridized carbons (Fsp3) is 0.625. The van der Waals surface area contributed by atoms with Gasteiger partial charge in [0.2, 0.25) is 0 Å². The summed E-state index contributed by atoms with van der Waals surface area (Å²) in [5.41, 5.74) is 2.27. The quantitative estimate of drug-likeness (QED) is 0.846. The first-order valence-electron chi connectivity index (χ1n) is 7.21. The summed E-state index contributed by atoms with van der Waals surface area (Å²) in [6.07, 6.45) is 5.39. The molecule has 3 heteroatoms. The van der Waals surface area contributed by atoms with Crippen molar-refractivity contribution in [1.82, 2.24) is 4.98 Å². The molecule has 0 spiro atoms. The summed E-state index contributed by atoms with van der Waals surface area (Å²) >= 11 is 0. The molecule has 0 aromatic carbocycles. The number of aryl methyl sites for hydroxylation is 1. The number of ketones is 1. The van der Waals surface area contributed by atoms with Crippen molar-refractivity contribution in [2.45, 2.75) is 59.3 Å². The average molecular weight is 261 g/mol. The van der Waals surface area contributed by atoms with E-state index in [1.54, 1.807) is 0 Å². The number of unbranched alkanes of at least 4 members (excludes halogenated alkanes) is 2. The molecule has 0 saturated heterocycles. The number of aromatic amines is 1. The lowest BCUT2D eigenvalue weighted by Gasteiger charge is -2.29. The number of pyridine rings is 1. The van der Waals surface area contributed by atoms with Gasteiger partial charge in [-0.1, -0.05) is 33.6 Å². The summed E-state index contributed by atoms with van der Waals surface area (Å²) in [4.78, 5) is 27.1. The van der Waals surface area contributed by atoms with E-state index in [-0.39, 0.29) is 16.8 Å². The van der Waals surface area contributed by atoms with Crippen LogP contribution in [0.1, 0.15) is 68.1 Å². The summed E-state index contributed by atoms with van der Waals surface area (Å²) < 4.78 is 0. The first-order valence-corrected chi connectivity index (χ1v) is 7.21. The summed E-state index contributed by atoms with van der Waals surface area (Å²) in [6, 6.07) is 1.83. The summed E-state index contributed by atoms with van der Waals surface area (Å²) in [6.45, 7) is 6.28. The first kappa shape index (κ1) is 14.0.